The molecule has 0 fully saturated rings. The van der Waals surface area contributed by atoms with Crippen molar-refractivity contribution in [2.24, 2.45) is 0 Å². The molecule has 18 heavy (non-hydrogen) atoms. The van der Waals surface area contributed by atoms with Crippen LogP contribution >= 0.6 is 0 Å². The van der Waals surface area contributed by atoms with E-state index in [9.17, 15) is 14.4 Å². The van der Waals surface area contributed by atoms with E-state index in [1.165, 1.54) is 11.9 Å². The van der Waals surface area contributed by atoms with Gasteiger partial charge in [-0.2, -0.15) is 0 Å². The molecule has 0 saturated carbocycles. The van der Waals surface area contributed by atoms with Crippen molar-refractivity contribution in [3.63, 3.8) is 0 Å². The standard InChI is InChI=1S/C11H20N2O5/c1-11(2,3)12-8(14)5-13(4)9(15)6-18-7-10(16)17/h5-7H2,1-4H3,(H,12,14)(H,16,17). The van der Waals surface area contributed by atoms with E-state index in [0.29, 0.717) is 0 Å². The first-order valence-corrected chi connectivity index (χ1v) is 5.46. The number of carbonyl (C=O) groups excluding carboxylic acids is 2. The van der Waals surface area contributed by atoms with Gasteiger partial charge in [-0.05, 0) is 20.8 Å². The van der Waals surface area contributed by atoms with E-state index in [0.717, 1.165) is 0 Å². The first-order chi connectivity index (χ1) is 8.11. The Morgan fingerprint density at radius 1 is 1.22 bits per heavy atom. The summed E-state index contributed by atoms with van der Waals surface area (Å²) in [5.74, 6) is -1.87. The van der Waals surface area contributed by atoms with Crippen LogP contribution in [0.15, 0.2) is 0 Å². The largest absolute Gasteiger partial charge is 0.480 e. The van der Waals surface area contributed by atoms with Gasteiger partial charge in [0, 0.05) is 12.6 Å². The molecule has 0 rings (SSSR count). The molecule has 0 unspecified atom stereocenters. The number of aliphatic carboxylic acids is 1. The number of ether oxygens (including phenoxy) is 1. The molecule has 0 aromatic rings. The molecule has 0 heterocycles. The monoisotopic (exact) mass is 260 g/mol. The molecule has 0 radical (unpaired) electrons. The molecule has 7 nitrogen and oxygen atoms in total. The lowest BCUT2D eigenvalue weighted by Crippen LogP contribution is -2.46. The lowest BCUT2D eigenvalue weighted by molar-refractivity contribution is -0.146. The molecule has 104 valence electrons. The van der Waals surface area contributed by atoms with Gasteiger partial charge < -0.3 is 20.1 Å². The summed E-state index contributed by atoms with van der Waals surface area (Å²) in [5.41, 5.74) is -0.360. The second kappa shape index (κ2) is 6.95. The second-order valence-corrected chi connectivity index (χ2v) is 4.93. The molecular weight excluding hydrogens is 240 g/mol. The summed E-state index contributed by atoms with van der Waals surface area (Å²) < 4.78 is 4.64. The Bertz CT molecular complexity index is 322. The number of carbonyl (C=O) groups is 3. The Kier molecular flexibility index (Phi) is 6.32. The average Bonchev–Trinajstić information content (AvgIpc) is 2.13. The van der Waals surface area contributed by atoms with E-state index in [1.807, 2.05) is 20.8 Å². The van der Waals surface area contributed by atoms with Crippen LogP contribution in [0.5, 0.6) is 0 Å². The number of hydrogen-bond acceptors (Lipinski definition) is 4. The fraction of sp³-hybridized carbons (Fsp3) is 0.727. The zero-order valence-electron chi connectivity index (χ0n) is 11.1. The number of carboxylic acids is 1. The minimum absolute atomic E-state index is 0.0907. The highest BCUT2D eigenvalue weighted by atomic mass is 16.5. The Labute approximate surface area is 106 Å². The van der Waals surface area contributed by atoms with Crippen LogP contribution in [0, 0.1) is 0 Å². The van der Waals surface area contributed by atoms with Crippen molar-refractivity contribution in [1.82, 2.24) is 10.2 Å². The van der Waals surface area contributed by atoms with Crippen LogP contribution in [0.4, 0.5) is 0 Å². The van der Waals surface area contributed by atoms with Gasteiger partial charge in [0.15, 0.2) is 0 Å². The van der Waals surface area contributed by atoms with E-state index in [4.69, 9.17) is 5.11 Å². The lowest BCUT2D eigenvalue weighted by atomic mass is 10.1. The van der Waals surface area contributed by atoms with Gasteiger partial charge in [-0.15, -0.1) is 0 Å². The van der Waals surface area contributed by atoms with Crippen molar-refractivity contribution in [2.45, 2.75) is 26.3 Å². The predicted molar refractivity (Wildman–Crippen MR) is 64.0 cm³/mol. The van der Waals surface area contributed by atoms with Crippen LogP contribution in [0.25, 0.3) is 0 Å². The molecule has 7 heteroatoms. The van der Waals surface area contributed by atoms with E-state index < -0.39 is 18.5 Å². The van der Waals surface area contributed by atoms with Gasteiger partial charge in [-0.1, -0.05) is 0 Å². The lowest BCUT2D eigenvalue weighted by Gasteiger charge is -2.23. The number of likely N-dealkylation sites (N-methyl/N-ethyl adjacent to an activating group) is 1. The zero-order valence-corrected chi connectivity index (χ0v) is 11.1. The maximum atomic E-state index is 11.5. The number of amides is 2. The Balaban J connectivity index is 4.00. The topological polar surface area (TPSA) is 95.9 Å². The predicted octanol–water partition coefficient (Wildman–Crippen LogP) is -0.539. The van der Waals surface area contributed by atoms with Crippen molar-refractivity contribution in [3.8, 4) is 0 Å². The molecule has 0 aliphatic rings. The summed E-state index contributed by atoms with van der Waals surface area (Å²) in [6, 6.07) is 0. The van der Waals surface area contributed by atoms with Crippen LogP contribution in [0.2, 0.25) is 0 Å². The van der Waals surface area contributed by atoms with Crippen molar-refractivity contribution in [1.29, 1.82) is 0 Å². The van der Waals surface area contributed by atoms with E-state index in [1.54, 1.807) is 0 Å². The smallest absolute Gasteiger partial charge is 0.329 e. The third-order valence-electron chi connectivity index (χ3n) is 1.77. The molecule has 0 bridgehead atoms. The normalized spacial score (nSPS) is 10.9. The third-order valence-corrected chi connectivity index (χ3v) is 1.77. The van der Waals surface area contributed by atoms with Crippen molar-refractivity contribution in [3.05, 3.63) is 0 Å². The van der Waals surface area contributed by atoms with Crippen LogP contribution in [-0.2, 0) is 19.1 Å². The van der Waals surface area contributed by atoms with E-state index in [-0.39, 0.29) is 24.6 Å². The van der Waals surface area contributed by atoms with Crippen LogP contribution < -0.4 is 5.32 Å². The van der Waals surface area contributed by atoms with Gasteiger partial charge in [0.25, 0.3) is 0 Å². The number of rotatable bonds is 6. The molecule has 0 spiro atoms. The minimum Gasteiger partial charge on any atom is -0.480 e. The minimum atomic E-state index is -1.14. The number of hydrogen-bond donors (Lipinski definition) is 2. The van der Waals surface area contributed by atoms with Gasteiger partial charge in [-0.3, -0.25) is 9.59 Å². The van der Waals surface area contributed by atoms with Gasteiger partial charge >= 0.3 is 5.97 Å². The summed E-state index contributed by atoms with van der Waals surface area (Å²) in [6.45, 7) is 4.53. The maximum Gasteiger partial charge on any atom is 0.329 e. The van der Waals surface area contributed by atoms with Crippen LogP contribution in [-0.4, -0.2) is 60.1 Å². The molecule has 0 aliphatic heterocycles. The highest BCUT2D eigenvalue weighted by Crippen LogP contribution is 1.98. The van der Waals surface area contributed by atoms with Crippen molar-refractivity contribution >= 4 is 17.8 Å². The summed E-state index contributed by atoms with van der Waals surface area (Å²) in [5, 5.41) is 11.0. The molecule has 0 saturated heterocycles. The SMILES string of the molecule is CN(CC(=O)NC(C)(C)C)C(=O)COCC(=O)O. The number of carboxylic acid groups (broad SMARTS) is 1. The Morgan fingerprint density at radius 2 is 1.78 bits per heavy atom. The molecule has 0 aromatic carbocycles. The van der Waals surface area contributed by atoms with Gasteiger partial charge in [0.05, 0.1) is 6.54 Å². The second-order valence-electron chi connectivity index (χ2n) is 4.93. The van der Waals surface area contributed by atoms with E-state index in [2.05, 4.69) is 10.1 Å². The molecular formula is C11H20N2O5. The van der Waals surface area contributed by atoms with Crippen LogP contribution in [0.3, 0.4) is 0 Å². The fourth-order valence-electron chi connectivity index (χ4n) is 1.10. The van der Waals surface area contributed by atoms with Gasteiger partial charge in [0.2, 0.25) is 11.8 Å². The molecule has 0 atom stereocenters. The first kappa shape index (κ1) is 16.4. The summed E-state index contributed by atoms with van der Waals surface area (Å²) >= 11 is 0. The van der Waals surface area contributed by atoms with E-state index >= 15 is 0 Å². The highest BCUT2D eigenvalue weighted by Gasteiger charge is 2.17. The van der Waals surface area contributed by atoms with Crippen LogP contribution in [0.1, 0.15) is 20.8 Å². The quantitative estimate of drug-likeness (QED) is 0.668. The fourth-order valence-corrected chi connectivity index (χ4v) is 1.10. The summed E-state index contributed by atoms with van der Waals surface area (Å²) in [7, 11) is 1.45. The number of nitrogens with zero attached hydrogens (tertiary/aromatic N) is 1. The molecule has 2 N–H and O–H groups in total. The van der Waals surface area contributed by atoms with Crippen molar-refractivity contribution in [2.75, 3.05) is 26.8 Å². The number of nitrogens with one attached hydrogen (secondary N) is 1. The highest BCUT2D eigenvalue weighted by molar-refractivity contribution is 5.85. The first-order valence-electron chi connectivity index (χ1n) is 5.46. The maximum absolute atomic E-state index is 11.5. The third kappa shape index (κ3) is 8.51. The molecule has 2 amide bonds. The molecule has 0 aliphatic carbocycles. The van der Waals surface area contributed by atoms with Gasteiger partial charge in [0.1, 0.15) is 13.2 Å². The summed E-state index contributed by atoms with van der Waals surface area (Å²) in [6.07, 6.45) is 0. The Morgan fingerprint density at radius 3 is 2.22 bits per heavy atom. The average molecular weight is 260 g/mol. The Hall–Kier alpha value is -1.63. The van der Waals surface area contributed by atoms with Gasteiger partial charge in [-0.25, -0.2) is 4.79 Å². The molecule has 0 aromatic heterocycles. The van der Waals surface area contributed by atoms with Crippen molar-refractivity contribution < 1.29 is 24.2 Å². The summed E-state index contributed by atoms with van der Waals surface area (Å²) in [4.78, 5) is 34.3. The zero-order chi connectivity index (χ0) is 14.3.